The van der Waals surface area contributed by atoms with E-state index in [1.807, 2.05) is 61.5 Å². The van der Waals surface area contributed by atoms with Gasteiger partial charge in [-0.15, -0.1) is 0 Å². The first-order valence-electron chi connectivity index (χ1n) is 8.55. The number of hydrogen-bond donors (Lipinski definition) is 1. The van der Waals surface area contributed by atoms with Crippen molar-refractivity contribution in [2.45, 2.75) is 20.4 Å². The average Bonchev–Trinajstić information content (AvgIpc) is 3.17. The number of para-hydroxylation sites is 2. The van der Waals surface area contributed by atoms with Crippen LogP contribution in [0, 0.1) is 6.92 Å². The quantitative estimate of drug-likeness (QED) is 0.578. The molecule has 2 heterocycles. The molecule has 0 aliphatic rings. The summed E-state index contributed by atoms with van der Waals surface area (Å²) >= 11 is 6.01. The van der Waals surface area contributed by atoms with Gasteiger partial charge >= 0.3 is 0 Å². The minimum absolute atomic E-state index is 0.156. The average molecular weight is 380 g/mol. The zero-order chi connectivity index (χ0) is 19.0. The van der Waals surface area contributed by atoms with E-state index >= 15 is 0 Å². The van der Waals surface area contributed by atoms with Crippen molar-refractivity contribution in [1.29, 1.82) is 0 Å². The van der Waals surface area contributed by atoms with E-state index in [4.69, 9.17) is 16.6 Å². The minimum atomic E-state index is -0.156. The normalized spacial score (nSPS) is 11.1. The van der Waals surface area contributed by atoms with Crippen LogP contribution in [0.5, 0.6) is 0 Å². The summed E-state index contributed by atoms with van der Waals surface area (Å²) in [5.74, 6) is 1.08. The number of rotatable bonds is 4. The van der Waals surface area contributed by atoms with E-state index in [2.05, 4.69) is 15.0 Å². The smallest absolute Gasteiger partial charge is 0.234 e. The number of carbonyl (C=O) groups excluding carboxylic acids is 1. The first-order valence-corrected chi connectivity index (χ1v) is 8.93. The topological polar surface area (TPSA) is 64.7 Å². The predicted octanol–water partition coefficient (Wildman–Crippen LogP) is 4.19. The Morgan fingerprint density at radius 1 is 1.15 bits per heavy atom. The summed E-state index contributed by atoms with van der Waals surface area (Å²) < 4.78 is 3.75. The second-order valence-electron chi connectivity index (χ2n) is 6.38. The van der Waals surface area contributed by atoms with Gasteiger partial charge in [0.05, 0.1) is 23.3 Å². The summed E-state index contributed by atoms with van der Waals surface area (Å²) in [5, 5.41) is 8.07. The molecule has 0 fully saturated rings. The van der Waals surface area contributed by atoms with E-state index in [0.717, 1.165) is 22.3 Å². The van der Waals surface area contributed by atoms with E-state index in [0.29, 0.717) is 23.3 Å². The molecular weight excluding hydrogens is 362 g/mol. The summed E-state index contributed by atoms with van der Waals surface area (Å²) in [6.45, 7) is 3.96. The number of amides is 1. The van der Waals surface area contributed by atoms with Gasteiger partial charge in [0, 0.05) is 18.0 Å². The maximum Gasteiger partial charge on any atom is 0.234 e. The molecule has 0 bridgehead atoms. The Morgan fingerprint density at radius 2 is 1.89 bits per heavy atom. The summed E-state index contributed by atoms with van der Waals surface area (Å²) in [6, 6.07) is 17.5. The van der Waals surface area contributed by atoms with Crippen molar-refractivity contribution >= 4 is 34.4 Å². The number of aromatic nitrogens is 4. The van der Waals surface area contributed by atoms with Crippen LogP contribution in [0.1, 0.15) is 18.2 Å². The van der Waals surface area contributed by atoms with Crippen LogP contribution < -0.4 is 5.32 Å². The first kappa shape index (κ1) is 17.3. The number of imidazole rings is 1. The lowest BCUT2D eigenvalue weighted by atomic mass is 10.2. The standard InChI is InChI=1S/C20H18ClN5O/c1-13-11-19(22-14(2)27)26(24-13)20-23-17-5-3-4-6-18(17)25(20)12-15-7-9-16(21)10-8-15/h3-11H,12H2,1-2H3,(H,22,27). The van der Waals surface area contributed by atoms with Crippen molar-refractivity contribution < 1.29 is 4.79 Å². The van der Waals surface area contributed by atoms with Gasteiger partial charge in [-0.1, -0.05) is 35.9 Å². The maximum absolute atomic E-state index is 11.6. The van der Waals surface area contributed by atoms with E-state index in [9.17, 15) is 4.79 Å². The second-order valence-corrected chi connectivity index (χ2v) is 6.81. The van der Waals surface area contributed by atoms with Crippen molar-refractivity contribution in [3.05, 3.63) is 70.9 Å². The molecule has 0 spiro atoms. The monoisotopic (exact) mass is 379 g/mol. The lowest BCUT2D eigenvalue weighted by molar-refractivity contribution is -0.114. The molecule has 7 heteroatoms. The summed E-state index contributed by atoms with van der Waals surface area (Å²) in [6.07, 6.45) is 0. The maximum atomic E-state index is 11.6. The molecule has 0 saturated carbocycles. The number of aryl methyl sites for hydroxylation is 1. The number of hydrogen-bond acceptors (Lipinski definition) is 3. The second kappa shape index (κ2) is 6.89. The highest BCUT2D eigenvalue weighted by Crippen LogP contribution is 2.24. The number of halogens is 1. The Bertz CT molecular complexity index is 1130. The van der Waals surface area contributed by atoms with Gasteiger partial charge in [0.25, 0.3) is 0 Å². The zero-order valence-electron chi connectivity index (χ0n) is 15.0. The van der Waals surface area contributed by atoms with Gasteiger partial charge < -0.3 is 9.88 Å². The molecule has 1 amide bonds. The van der Waals surface area contributed by atoms with Crippen LogP contribution in [0.2, 0.25) is 5.02 Å². The van der Waals surface area contributed by atoms with Crippen LogP contribution in [0.4, 0.5) is 5.82 Å². The molecule has 2 aromatic heterocycles. The molecule has 27 heavy (non-hydrogen) atoms. The number of nitrogens with one attached hydrogen (secondary N) is 1. The van der Waals surface area contributed by atoms with Gasteiger partial charge in [-0.3, -0.25) is 4.79 Å². The molecule has 4 aromatic rings. The van der Waals surface area contributed by atoms with Gasteiger partial charge in [0.2, 0.25) is 11.9 Å². The third-order valence-corrected chi connectivity index (χ3v) is 4.47. The zero-order valence-corrected chi connectivity index (χ0v) is 15.7. The molecule has 0 atom stereocenters. The Kier molecular flexibility index (Phi) is 4.41. The molecule has 0 aliphatic carbocycles. The molecular formula is C20H18ClN5O. The Hall–Kier alpha value is -3.12. The Balaban J connectivity index is 1.88. The molecule has 4 rings (SSSR count). The van der Waals surface area contributed by atoms with E-state index in [-0.39, 0.29) is 5.91 Å². The van der Waals surface area contributed by atoms with E-state index < -0.39 is 0 Å². The third kappa shape index (κ3) is 3.44. The van der Waals surface area contributed by atoms with Gasteiger partial charge in [0.1, 0.15) is 5.82 Å². The highest BCUT2D eigenvalue weighted by Gasteiger charge is 2.17. The summed E-state index contributed by atoms with van der Waals surface area (Å²) in [5.41, 5.74) is 3.74. The first-order chi connectivity index (χ1) is 13.0. The van der Waals surface area contributed by atoms with Gasteiger partial charge in [-0.05, 0) is 36.8 Å². The number of carbonyl (C=O) groups is 1. The Labute approximate surface area is 161 Å². The van der Waals surface area contributed by atoms with Crippen molar-refractivity contribution in [3.63, 3.8) is 0 Å². The van der Waals surface area contributed by atoms with Crippen LogP contribution >= 0.6 is 11.6 Å². The Morgan fingerprint density at radius 3 is 2.63 bits per heavy atom. The summed E-state index contributed by atoms with van der Waals surface area (Å²) in [4.78, 5) is 16.4. The fourth-order valence-corrected chi connectivity index (χ4v) is 3.20. The van der Waals surface area contributed by atoms with Gasteiger partial charge in [0.15, 0.2) is 0 Å². The number of fused-ring (bicyclic) bond motifs is 1. The highest BCUT2D eigenvalue weighted by atomic mass is 35.5. The number of anilines is 1. The van der Waals surface area contributed by atoms with Crippen LogP contribution in [0.25, 0.3) is 17.0 Å². The minimum Gasteiger partial charge on any atom is -0.311 e. The van der Waals surface area contributed by atoms with Gasteiger partial charge in [-0.2, -0.15) is 9.78 Å². The van der Waals surface area contributed by atoms with Crippen molar-refractivity contribution in [2.75, 3.05) is 5.32 Å². The van der Waals surface area contributed by atoms with Crippen molar-refractivity contribution in [1.82, 2.24) is 19.3 Å². The van der Waals surface area contributed by atoms with Crippen LogP contribution in [0.15, 0.2) is 54.6 Å². The molecule has 136 valence electrons. The van der Waals surface area contributed by atoms with E-state index in [1.54, 1.807) is 4.68 Å². The number of nitrogens with zero attached hydrogens (tertiary/aromatic N) is 4. The lowest BCUT2D eigenvalue weighted by Gasteiger charge is -2.11. The fraction of sp³-hybridized carbons (Fsp3) is 0.150. The summed E-state index contributed by atoms with van der Waals surface area (Å²) in [7, 11) is 0. The third-order valence-electron chi connectivity index (χ3n) is 4.21. The SMILES string of the molecule is CC(=O)Nc1cc(C)nn1-c1nc2ccccc2n1Cc1ccc(Cl)cc1. The lowest BCUT2D eigenvalue weighted by Crippen LogP contribution is -2.15. The van der Waals surface area contributed by atoms with Crippen LogP contribution in [-0.4, -0.2) is 25.2 Å². The fourth-order valence-electron chi connectivity index (χ4n) is 3.07. The van der Waals surface area contributed by atoms with Gasteiger partial charge in [-0.25, -0.2) is 4.98 Å². The molecule has 0 aliphatic heterocycles. The molecule has 0 unspecified atom stereocenters. The molecule has 6 nitrogen and oxygen atoms in total. The predicted molar refractivity (Wildman–Crippen MR) is 106 cm³/mol. The van der Waals surface area contributed by atoms with Crippen LogP contribution in [-0.2, 0) is 11.3 Å². The van der Waals surface area contributed by atoms with Crippen molar-refractivity contribution in [2.24, 2.45) is 0 Å². The van der Waals surface area contributed by atoms with Crippen LogP contribution in [0.3, 0.4) is 0 Å². The molecule has 0 radical (unpaired) electrons. The highest BCUT2D eigenvalue weighted by molar-refractivity contribution is 6.30. The molecule has 1 N–H and O–H groups in total. The largest absolute Gasteiger partial charge is 0.311 e. The van der Waals surface area contributed by atoms with Crippen molar-refractivity contribution in [3.8, 4) is 5.95 Å². The molecule has 0 saturated heterocycles. The number of benzene rings is 2. The van der Waals surface area contributed by atoms with E-state index in [1.165, 1.54) is 6.92 Å². The molecule has 2 aromatic carbocycles.